The van der Waals surface area contributed by atoms with E-state index in [-0.39, 0.29) is 16.6 Å². The molecule has 1 aliphatic rings. The highest BCUT2D eigenvalue weighted by Crippen LogP contribution is 2.28. The number of anilines is 1. The predicted molar refractivity (Wildman–Crippen MR) is 97.7 cm³/mol. The Morgan fingerprint density at radius 1 is 1.00 bits per heavy atom. The molecule has 1 saturated heterocycles. The van der Waals surface area contributed by atoms with E-state index in [0.717, 1.165) is 6.42 Å². The van der Waals surface area contributed by atoms with Crippen LogP contribution in [0.4, 0.5) is 5.69 Å². The maximum absolute atomic E-state index is 12.4. The minimum atomic E-state index is -3.95. The van der Waals surface area contributed by atoms with Crippen LogP contribution < -0.4 is 9.08 Å². The lowest BCUT2D eigenvalue weighted by atomic mass is 10.3. The van der Waals surface area contributed by atoms with E-state index in [9.17, 15) is 13.2 Å². The smallest absolute Gasteiger partial charge is 0.339 e. The van der Waals surface area contributed by atoms with Crippen molar-refractivity contribution >= 4 is 53.6 Å². The van der Waals surface area contributed by atoms with Crippen LogP contribution in [0.1, 0.15) is 12.8 Å². The molecule has 0 saturated carbocycles. The number of nitrogens with zero attached hydrogens (tertiary/aromatic N) is 1. The highest BCUT2D eigenvalue weighted by Gasteiger charge is 2.23. The van der Waals surface area contributed by atoms with Gasteiger partial charge in [-0.05, 0) is 48.9 Å². The van der Waals surface area contributed by atoms with E-state index in [0.29, 0.717) is 27.6 Å². The van der Waals surface area contributed by atoms with Gasteiger partial charge >= 0.3 is 10.1 Å². The van der Waals surface area contributed by atoms with Crippen molar-refractivity contribution in [3.63, 3.8) is 0 Å². The van der Waals surface area contributed by atoms with Gasteiger partial charge < -0.3 is 9.08 Å². The largest absolute Gasteiger partial charge is 0.379 e. The van der Waals surface area contributed by atoms with Crippen molar-refractivity contribution in [3.05, 3.63) is 51.4 Å². The zero-order chi connectivity index (χ0) is 17.3. The normalized spacial score (nSPS) is 14.9. The molecule has 0 radical (unpaired) electrons. The Hall–Kier alpha value is -1.38. The van der Waals surface area contributed by atoms with Crippen molar-refractivity contribution in [2.75, 3.05) is 11.4 Å². The first-order chi connectivity index (χ1) is 11.3. The first-order valence-electron chi connectivity index (χ1n) is 7.16. The molecule has 0 N–H and O–H groups in total. The number of rotatable bonds is 4. The van der Waals surface area contributed by atoms with Gasteiger partial charge in [-0.25, -0.2) is 0 Å². The third kappa shape index (κ3) is 3.81. The Morgan fingerprint density at radius 2 is 1.62 bits per heavy atom. The molecule has 1 fully saturated rings. The summed E-state index contributed by atoms with van der Waals surface area (Å²) in [4.78, 5) is 13.4. The molecular formula is C16H13Br2NO4S. The van der Waals surface area contributed by atoms with Crippen molar-refractivity contribution in [1.82, 2.24) is 0 Å². The van der Waals surface area contributed by atoms with Crippen LogP contribution >= 0.6 is 31.9 Å². The van der Waals surface area contributed by atoms with Gasteiger partial charge in [0, 0.05) is 27.6 Å². The second-order valence-corrected chi connectivity index (χ2v) is 8.66. The van der Waals surface area contributed by atoms with Crippen LogP contribution in [0.15, 0.2) is 56.3 Å². The number of carbonyl (C=O) groups excluding carboxylic acids is 1. The summed E-state index contributed by atoms with van der Waals surface area (Å²) in [6.45, 7) is 0.660. The van der Waals surface area contributed by atoms with Gasteiger partial charge in [-0.1, -0.05) is 31.9 Å². The molecule has 2 aromatic rings. The third-order valence-corrected chi connectivity index (χ3v) is 5.73. The molecule has 3 rings (SSSR count). The molecular weight excluding hydrogens is 462 g/mol. The second-order valence-electron chi connectivity index (χ2n) is 5.29. The number of benzene rings is 2. The molecule has 0 unspecified atom stereocenters. The average molecular weight is 475 g/mol. The van der Waals surface area contributed by atoms with Gasteiger partial charge in [-0.3, -0.25) is 4.79 Å². The lowest BCUT2D eigenvalue weighted by Crippen LogP contribution is -2.23. The van der Waals surface area contributed by atoms with Crippen LogP contribution in [0, 0.1) is 0 Å². The highest BCUT2D eigenvalue weighted by molar-refractivity contribution is 9.11. The summed E-state index contributed by atoms with van der Waals surface area (Å²) in [5, 5.41) is 0. The van der Waals surface area contributed by atoms with Crippen molar-refractivity contribution in [2.45, 2.75) is 17.7 Å². The van der Waals surface area contributed by atoms with Crippen LogP contribution in [0.5, 0.6) is 5.75 Å². The van der Waals surface area contributed by atoms with Crippen LogP contribution in [0.25, 0.3) is 0 Å². The van der Waals surface area contributed by atoms with Gasteiger partial charge in [0.05, 0.1) is 0 Å². The summed E-state index contributed by atoms with van der Waals surface area (Å²) in [6.07, 6.45) is 1.35. The standard InChI is InChI=1S/C16H13Br2NO4S/c17-11-8-12(18)10-14(9-11)23-24(21,22)15-5-3-13(4-6-15)19-7-1-2-16(19)20/h3-6,8-10H,1-2,7H2. The Morgan fingerprint density at radius 3 is 2.17 bits per heavy atom. The van der Waals surface area contributed by atoms with Crippen LogP contribution in [-0.4, -0.2) is 20.9 Å². The second kappa shape index (κ2) is 6.85. The molecule has 5 nitrogen and oxygen atoms in total. The Balaban J connectivity index is 1.83. The van der Waals surface area contributed by atoms with Gasteiger partial charge in [0.1, 0.15) is 10.6 Å². The lowest BCUT2D eigenvalue weighted by Gasteiger charge is -2.16. The van der Waals surface area contributed by atoms with Crippen LogP contribution in [-0.2, 0) is 14.9 Å². The molecule has 0 bridgehead atoms. The first-order valence-corrected chi connectivity index (χ1v) is 10.2. The van der Waals surface area contributed by atoms with E-state index >= 15 is 0 Å². The van der Waals surface area contributed by atoms with Crippen molar-refractivity contribution in [3.8, 4) is 5.75 Å². The SMILES string of the molecule is O=C1CCCN1c1ccc(S(=O)(=O)Oc2cc(Br)cc(Br)c2)cc1. The fraction of sp³-hybridized carbons (Fsp3) is 0.188. The fourth-order valence-corrected chi connectivity index (χ4v) is 4.63. The van der Waals surface area contributed by atoms with Crippen molar-refractivity contribution in [2.24, 2.45) is 0 Å². The van der Waals surface area contributed by atoms with E-state index in [1.165, 1.54) is 12.1 Å². The van der Waals surface area contributed by atoms with Gasteiger partial charge in [0.15, 0.2) is 0 Å². The van der Waals surface area contributed by atoms with E-state index in [1.807, 2.05) is 0 Å². The fourth-order valence-electron chi connectivity index (χ4n) is 2.47. The molecule has 126 valence electrons. The average Bonchev–Trinajstić information content (AvgIpc) is 2.92. The predicted octanol–water partition coefficient (Wildman–Crippen LogP) is 4.11. The quantitative estimate of drug-likeness (QED) is 0.625. The molecule has 8 heteroatoms. The van der Waals surface area contributed by atoms with Crippen molar-refractivity contribution < 1.29 is 17.4 Å². The number of hydrogen-bond acceptors (Lipinski definition) is 4. The zero-order valence-corrected chi connectivity index (χ0v) is 16.4. The van der Waals surface area contributed by atoms with Crippen LogP contribution in [0.2, 0.25) is 0 Å². The molecule has 1 amide bonds. The van der Waals surface area contributed by atoms with Crippen molar-refractivity contribution in [1.29, 1.82) is 0 Å². The maximum Gasteiger partial charge on any atom is 0.339 e. The van der Waals surface area contributed by atoms with E-state index in [4.69, 9.17) is 4.18 Å². The number of hydrogen-bond donors (Lipinski definition) is 0. The van der Waals surface area contributed by atoms with Gasteiger partial charge in [0.2, 0.25) is 5.91 Å². The summed E-state index contributed by atoms with van der Waals surface area (Å²) >= 11 is 6.57. The number of carbonyl (C=O) groups is 1. The Bertz CT molecular complexity index is 861. The maximum atomic E-state index is 12.4. The molecule has 1 aliphatic heterocycles. The monoisotopic (exact) mass is 473 g/mol. The summed E-state index contributed by atoms with van der Waals surface area (Å²) in [5.74, 6) is 0.260. The molecule has 0 aliphatic carbocycles. The molecule has 0 spiro atoms. The van der Waals surface area contributed by atoms with E-state index in [1.54, 1.807) is 35.2 Å². The topological polar surface area (TPSA) is 63.7 Å². The summed E-state index contributed by atoms with van der Waals surface area (Å²) in [5.41, 5.74) is 0.696. The third-order valence-electron chi connectivity index (χ3n) is 3.55. The summed E-state index contributed by atoms with van der Waals surface area (Å²) in [6, 6.07) is 11.1. The summed E-state index contributed by atoms with van der Waals surface area (Å²) < 4.78 is 31.3. The van der Waals surface area contributed by atoms with E-state index < -0.39 is 10.1 Å². The number of halogens is 2. The Labute approximate surface area is 157 Å². The van der Waals surface area contributed by atoms with E-state index in [2.05, 4.69) is 31.9 Å². The molecule has 1 heterocycles. The van der Waals surface area contributed by atoms with Crippen LogP contribution in [0.3, 0.4) is 0 Å². The van der Waals surface area contributed by atoms with Gasteiger partial charge in [0.25, 0.3) is 0 Å². The molecule has 2 aromatic carbocycles. The zero-order valence-electron chi connectivity index (χ0n) is 12.4. The van der Waals surface area contributed by atoms with Gasteiger partial charge in [-0.2, -0.15) is 8.42 Å². The highest BCUT2D eigenvalue weighted by atomic mass is 79.9. The molecule has 0 atom stereocenters. The van der Waals surface area contributed by atoms with Gasteiger partial charge in [-0.15, -0.1) is 0 Å². The lowest BCUT2D eigenvalue weighted by molar-refractivity contribution is -0.117. The Kier molecular flexibility index (Phi) is 4.98. The molecule has 0 aromatic heterocycles. The first kappa shape index (κ1) is 17.4. The minimum absolute atomic E-state index is 0.0361. The summed E-state index contributed by atoms with van der Waals surface area (Å²) in [7, 11) is -3.95. The minimum Gasteiger partial charge on any atom is -0.379 e. The molecule has 24 heavy (non-hydrogen) atoms. The number of amides is 1.